The number of benzene rings is 1. The van der Waals surface area contributed by atoms with Gasteiger partial charge in [-0.15, -0.1) is 0 Å². The maximum Gasteiger partial charge on any atom is 0.181 e. The molecule has 16 heavy (non-hydrogen) atoms. The highest BCUT2D eigenvalue weighted by Crippen LogP contribution is 2.20. The Morgan fingerprint density at radius 3 is 2.25 bits per heavy atom. The van der Waals surface area contributed by atoms with E-state index in [4.69, 9.17) is 0 Å². The second kappa shape index (κ2) is 4.18. The molecule has 0 aliphatic carbocycles. The van der Waals surface area contributed by atoms with Crippen molar-refractivity contribution in [1.82, 2.24) is 0 Å². The Hall–Kier alpha value is -0.870. The molecule has 4 heteroatoms. The maximum absolute atomic E-state index is 12.0. The lowest BCUT2D eigenvalue weighted by Gasteiger charge is -2.18. The summed E-state index contributed by atoms with van der Waals surface area (Å²) < 4.78 is 24.0. The van der Waals surface area contributed by atoms with Crippen molar-refractivity contribution in [1.29, 1.82) is 0 Å². The first-order valence-corrected chi connectivity index (χ1v) is 6.79. The van der Waals surface area contributed by atoms with E-state index in [2.05, 4.69) is 0 Å². The Bertz CT molecular complexity index is 481. The summed E-state index contributed by atoms with van der Waals surface area (Å²) in [7, 11) is -3.42. The fraction of sp³-hybridized carbons (Fsp3) is 0.500. The Balaban J connectivity index is 3.18. The highest BCUT2D eigenvalue weighted by molar-refractivity contribution is 7.91. The molecule has 3 nitrogen and oxygen atoms in total. The van der Waals surface area contributed by atoms with Crippen LogP contribution in [0.1, 0.15) is 25.0 Å². The van der Waals surface area contributed by atoms with Gasteiger partial charge in [-0.2, -0.15) is 0 Å². The molecule has 0 aliphatic heterocycles. The summed E-state index contributed by atoms with van der Waals surface area (Å²) in [6.07, 6.45) is 0. The average molecular weight is 242 g/mol. The summed E-state index contributed by atoms with van der Waals surface area (Å²) in [6, 6.07) is 5.20. The Morgan fingerprint density at radius 2 is 1.81 bits per heavy atom. The van der Waals surface area contributed by atoms with Crippen molar-refractivity contribution in [2.24, 2.45) is 0 Å². The van der Waals surface area contributed by atoms with E-state index in [1.807, 2.05) is 13.0 Å². The van der Waals surface area contributed by atoms with Gasteiger partial charge in [0.25, 0.3) is 0 Å². The minimum Gasteiger partial charge on any atom is -0.389 e. The molecule has 1 aromatic carbocycles. The van der Waals surface area contributed by atoms with Crippen LogP contribution in [0.3, 0.4) is 0 Å². The second-order valence-corrected chi connectivity index (χ2v) is 6.80. The molecule has 0 spiro atoms. The minimum atomic E-state index is -3.42. The van der Waals surface area contributed by atoms with Crippen LogP contribution in [0.4, 0.5) is 0 Å². The number of sulfone groups is 1. The molecule has 0 aliphatic rings. The molecule has 0 unspecified atom stereocenters. The Morgan fingerprint density at radius 1 is 1.25 bits per heavy atom. The molecule has 1 aromatic rings. The molecule has 0 radical (unpaired) electrons. The van der Waals surface area contributed by atoms with E-state index < -0.39 is 15.4 Å². The summed E-state index contributed by atoms with van der Waals surface area (Å²) in [5, 5.41) is 9.58. The molecule has 0 bridgehead atoms. The van der Waals surface area contributed by atoms with Crippen LogP contribution in [0.5, 0.6) is 0 Å². The molecule has 1 N–H and O–H groups in total. The van der Waals surface area contributed by atoms with E-state index in [0.29, 0.717) is 4.90 Å². The third kappa shape index (κ3) is 3.32. The predicted octanol–water partition coefficient (Wildman–Crippen LogP) is 1.85. The Labute approximate surface area is 97.0 Å². The van der Waals surface area contributed by atoms with E-state index in [0.717, 1.165) is 11.1 Å². The predicted molar refractivity (Wildman–Crippen MR) is 64.3 cm³/mol. The van der Waals surface area contributed by atoms with E-state index >= 15 is 0 Å². The fourth-order valence-electron chi connectivity index (χ4n) is 1.69. The zero-order valence-corrected chi connectivity index (χ0v) is 10.9. The van der Waals surface area contributed by atoms with E-state index in [1.165, 1.54) is 13.8 Å². The number of aryl methyl sites for hydroxylation is 2. The van der Waals surface area contributed by atoms with E-state index in [9.17, 15) is 13.5 Å². The lowest BCUT2D eigenvalue weighted by molar-refractivity contribution is 0.105. The van der Waals surface area contributed by atoms with E-state index in [1.54, 1.807) is 19.1 Å². The standard InChI is InChI=1S/C12H18O3S/c1-9-5-6-11(10(2)7-9)16(14,15)8-12(3,4)13/h5-7,13H,8H2,1-4H3. The van der Waals surface area contributed by atoms with Crippen LogP contribution in [-0.2, 0) is 9.84 Å². The average Bonchev–Trinajstić information content (AvgIpc) is 1.97. The summed E-state index contributed by atoms with van der Waals surface area (Å²) in [5.74, 6) is -0.260. The van der Waals surface area contributed by atoms with Crippen molar-refractivity contribution in [3.8, 4) is 0 Å². The van der Waals surface area contributed by atoms with Gasteiger partial charge in [0.2, 0.25) is 0 Å². The molecular weight excluding hydrogens is 224 g/mol. The molecule has 90 valence electrons. The zero-order chi connectivity index (χ0) is 12.6. The van der Waals surface area contributed by atoms with Crippen LogP contribution in [0, 0.1) is 13.8 Å². The summed E-state index contributed by atoms with van der Waals surface area (Å²) in [4.78, 5) is 0.306. The van der Waals surface area contributed by atoms with E-state index in [-0.39, 0.29) is 5.75 Å². The van der Waals surface area contributed by atoms with Crippen molar-refractivity contribution >= 4 is 9.84 Å². The quantitative estimate of drug-likeness (QED) is 0.880. The van der Waals surface area contributed by atoms with Gasteiger partial charge in [0.1, 0.15) is 0 Å². The normalized spacial score (nSPS) is 12.8. The SMILES string of the molecule is Cc1ccc(S(=O)(=O)CC(C)(C)O)c(C)c1. The van der Waals surface area contributed by atoms with Gasteiger partial charge < -0.3 is 5.11 Å². The minimum absolute atomic E-state index is 0.260. The van der Waals surface area contributed by atoms with Crippen LogP contribution in [0.15, 0.2) is 23.1 Å². The summed E-state index contributed by atoms with van der Waals surface area (Å²) >= 11 is 0. The first-order chi connectivity index (χ1) is 7.12. The van der Waals surface area contributed by atoms with Crippen molar-refractivity contribution in [3.63, 3.8) is 0 Å². The molecule has 0 amide bonds. The largest absolute Gasteiger partial charge is 0.389 e. The van der Waals surface area contributed by atoms with Crippen LogP contribution >= 0.6 is 0 Å². The fourth-order valence-corrected chi connectivity index (χ4v) is 3.60. The van der Waals surface area contributed by atoms with Crippen molar-refractivity contribution in [2.45, 2.75) is 38.2 Å². The molecule has 0 saturated heterocycles. The molecule has 0 fully saturated rings. The Kier molecular flexibility index (Phi) is 3.45. The second-order valence-electron chi connectivity index (χ2n) is 4.84. The number of aliphatic hydroxyl groups is 1. The topological polar surface area (TPSA) is 54.4 Å². The number of hydrogen-bond acceptors (Lipinski definition) is 3. The molecule has 1 rings (SSSR count). The smallest absolute Gasteiger partial charge is 0.181 e. The molecule has 0 atom stereocenters. The molecule has 0 heterocycles. The van der Waals surface area contributed by atoms with Crippen LogP contribution < -0.4 is 0 Å². The summed E-state index contributed by atoms with van der Waals surface area (Å²) in [6.45, 7) is 6.67. The van der Waals surface area contributed by atoms with Crippen molar-refractivity contribution in [2.75, 3.05) is 5.75 Å². The number of hydrogen-bond donors (Lipinski definition) is 1. The lowest BCUT2D eigenvalue weighted by atomic mass is 10.2. The molecule has 0 aromatic heterocycles. The van der Waals surface area contributed by atoms with Gasteiger partial charge in [0.15, 0.2) is 9.84 Å². The molecular formula is C12H18O3S. The van der Waals surface area contributed by atoms with Crippen molar-refractivity contribution in [3.05, 3.63) is 29.3 Å². The first-order valence-electron chi connectivity index (χ1n) is 5.14. The molecule has 0 saturated carbocycles. The highest BCUT2D eigenvalue weighted by atomic mass is 32.2. The van der Waals surface area contributed by atoms with Crippen LogP contribution in [-0.4, -0.2) is 24.9 Å². The van der Waals surface area contributed by atoms with Gasteiger partial charge in [-0.1, -0.05) is 17.7 Å². The monoisotopic (exact) mass is 242 g/mol. The third-order valence-electron chi connectivity index (χ3n) is 2.21. The maximum atomic E-state index is 12.0. The zero-order valence-electron chi connectivity index (χ0n) is 10.1. The number of rotatable bonds is 3. The van der Waals surface area contributed by atoms with Gasteiger partial charge in [0.05, 0.1) is 16.2 Å². The van der Waals surface area contributed by atoms with Crippen molar-refractivity contribution < 1.29 is 13.5 Å². The van der Waals surface area contributed by atoms with Gasteiger partial charge in [0, 0.05) is 0 Å². The lowest BCUT2D eigenvalue weighted by Crippen LogP contribution is -2.30. The van der Waals surface area contributed by atoms with Gasteiger partial charge in [-0.05, 0) is 39.3 Å². The van der Waals surface area contributed by atoms with Gasteiger partial charge in [-0.25, -0.2) is 8.42 Å². The van der Waals surface area contributed by atoms with Gasteiger partial charge in [-0.3, -0.25) is 0 Å². The van der Waals surface area contributed by atoms with Crippen LogP contribution in [0.2, 0.25) is 0 Å². The van der Waals surface area contributed by atoms with Gasteiger partial charge >= 0.3 is 0 Å². The van der Waals surface area contributed by atoms with Crippen LogP contribution in [0.25, 0.3) is 0 Å². The highest BCUT2D eigenvalue weighted by Gasteiger charge is 2.26. The third-order valence-corrected chi connectivity index (χ3v) is 4.42. The summed E-state index contributed by atoms with van der Waals surface area (Å²) in [5.41, 5.74) is 0.542. The first kappa shape index (κ1) is 13.2.